The number of rotatable bonds is 5. The Labute approximate surface area is 143 Å². The topological polar surface area (TPSA) is 87.3 Å². The Morgan fingerprint density at radius 1 is 1.13 bits per heavy atom. The molecule has 0 bridgehead atoms. The molecule has 124 valence electrons. The molecular weight excluding hydrogens is 362 g/mol. The molecule has 1 aliphatic rings. The van der Waals surface area contributed by atoms with Gasteiger partial charge < -0.3 is 16.0 Å². The van der Waals surface area contributed by atoms with Crippen LogP contribution < -0.4 is 16.0 Å². The maximum Gasteiger partial charge on any atom is 0.250 e. The Hall–Kier alpha value is -1.89. The molecule has 6 nitrogen and oxygen atoms in total. The standard InChI is InChI=1S/C16H20BrN3O3/c1-11(21)18-10-14(22)20-16(8-2-3-9-16)15(23)19-13-6-4-12(17)5-7-13/h4-7H,2-3,8-10H2,1H3,(H,18,21)(H,19,23)(H,20,22). The number of anilines is 1. The van der Waals surface area contributed by atoms with Gasteiger partial charge in [-0.2, -0.15) is 0 Å². The lowest BCUT2D eigenvalue weighted by Gasteiger charge is -2.29. The number of hydrogen-bond donors (Lipinski definition) is 3. The molecule has 1 aromatic carbocycles. The zero-order valence-electron chi connectivity index (χ0n) is 12.9. The minimum atomic E-state index is -0.900. The highest BCUT2D eigenvalue weighted by molar-refractivity contribution is 9.10. The lowest BCUT2D eigenvalue weighted by Crippen LogP contribution is -2.56. The van der Waals surface area contributed by atoms with Gasteiger partial charge >= 0.3 is 0 Å². The van der Waals surface area contributed by atoms with E-state index in [4.69, 9.17) is 0 Å². The van der Waals surface area contributed by atoms with E-state index in [0.29, 0.717) is 18.5 Å². The quantitative estimate of drug-likeness (QED) is 0.728. The normalized spacial score (nSPS) is 15.7. The number of benzene rings is 1. The van der Waals surface area contributed by atoms with Gasteiger partial charge in [0.2, 0.25) is 17.7 Å². The molecule has 2 rings (SSSR count). The van der Waals surface area contributed by atoms with Crippen LogP contribution in [0.4, 0.5) is 5.69 Å². The number of hydrogen-bond acceptors (Lipinski definition) is 3. The molecule has 0 saturated heterocycles. The van der Waals surface area contributed by atoms with Crippen LogP contribution in [0.1, 0.15) is 32.6 Å². The third-order valence-corrected chi connectivity index (χ3v) is 4.40. The maximum absolute atomic E-state index is 12.7. The van der Waals surface area contributed by atoms with Crippen LogP contribution in [0.2, 0.25) is 0 Å². The van der Waals surface area contributed by atoms with Gasteiger partial charge in [0.1, 0.15) is 5.54 Å². The summed E-state index contributed by atoms with van der Waals surface area (Å²) in [7, 11) is 0. The number of carbonyl (C=O) groups is 3. The van der Waals surface area contributed by atoms with E-state index in [1.54, 1.807) is 12.1 Å². The van der Waals surface area contributed by atoms with Gasteiger partial charge in [-0.1, -0.05) is 28.8 Å². The minimum Gasteiger partial charge on any atom is -0.347 e. The van der Waals surface area contributed by atoms with Crippen LogP contribution in [0.25, 0.3) is 0 Å². The average Bonchev–Trinajstić information content (AvgIpc) is 2.97. The molecule has 3 N–H and O–H groups in total. The molecular formula is C16H20BrN3O3. The van der Waals surface area contributed by atoms with Gasteiger partial charge in [0.25, 0.3) is 0 Å². The van der Waals surface area contributed by atoms with Crippen molar-refractivity contribution in [3.8, 4) is 0 Å². The van der Waals surface area contributed by atoms with Crippen molar-refractivity contribution in [3.63, 3.8) is 0 Å². The van der Waals surface area contributed by atoms with Gasteiger partial charge in [0.05, 0.1) is 6.54 Å². The van der Waals surface area contributed by atoms with Crippen LogP contribution in [0, 0.1) is 0 Å². The summed E-state index contributed by atoms with van der Waals surface area (Å²) in [5.41, 5.74) is -0.219. The van der Waals surface area contributed by atoms with Crippen molar-refractivity contribution in [2.24, 2.45) is 0 Å². The summed E-state index contributed by atoms with van der Waals surface area (Å²) in [5.74, 6) is -0.846. The number of nitrogens with one attached hydrogen (secondary N) is 3. The monoisotopic (exact) mass is 381 g/mol. The zero-order chi connectivity index (χ0) is 16.9. The van der Waals surface area contributed by atoms with Crippen molar-refractivity contribution in [2.45, 2.75) is 38.1 Å². The number of halogens is 1. The van der Waals surface area contributed by atoms with Crippen LogP contribution in [-0.2, 0) is 14.4 Å². The molecule has 1 aromatic rings. The first-order valence-corrected chi connectivity index (χ1v) is 8.33. The molecule has 3 amide bonds. The van der Waals surface area contributed by atoms with E-state index in [1.165, 1.54) is 6.92 Å². The molecule has 0 aliphatic heterocycles. The van der Waals surface area contributed by atoms with E-state index in [9.17, 15) is 14.4 Å². The summed E-state index contributed by atoms with van der Waals surface area (Å²) in [6.45, 7) is 1.22. The molecule has 0 heterocycles. The van der Waals surface area contributed by atoms with E-state index < -0.39 is 5.54 Å². The van der Waals surface area contributed by atoms with E-state index in [0.717, 1.165) is 17.3 Å². The number of carbonyl (C=O) groups excluding carboxylic acids is 3. The van der Waals surface area contributed by atoms with E-state index in [2.05, 4.69) is 31.9 Å². The van der Waals surface area contributed by atoms with Crippen LogP contribution in [-0.4, -0.2) is 29.8 Å². The molecule has 1 aliphatic carbocycles. The molecule has 23 heavy (non-hydrogen) atoms. The lowest BCUT2D eigenvalue weighted by molar-refractivity contribution is -0.130. The van der Waals surface area contributed by atoms with Gasteiger partial charge in [0.15, 0.2) is 0 Å². The van der Waals surface area contributed by atoms with Gasteiger partial charge in [-0.3, -0.25) is 14.4 Å². The molecule has 7 heteroatoms. The van der Waals surface area contributed by atoms with E-state index in [1.807, 2.05) is 12.1 Å². The predicted octanol–water partition coefficient (Wildman–Crippen LogP) is 1.95. The minimum absolute atomic E-state index is 0.122. The average molecular weight is 382 g/mol. The van der Waals surface area contributed by atoms with Crippen molar-refractivity contribution >= 4 is 39.3 Å². The summed E-state index contributed by atoms with van der Waals surface area (Å²) in [4.78, 5) is 35.6. The third-order valence-electron chi connectivity index (χ3n) is 3.87. The highest BCUT2D eigenvalue weighted by Crippen LogP contribution is 2.31. The van der Waals surface area contributed by atoms with Crippen molar-refractivity contribution < 1.29 is 14.4 Å². The van der Waals surface area contributed by atoms with Gasteiger partial charge in [-0.15, -0.1) is 0 Å². The highest BCUT2D eigenvalue weighted by atomic mass is 79.9. The smallest absolute Gasteiger partial charge is 0.250 e. The van der Waals surface area contributed by atoms with Gasteiger partial charge in [-0.05, 0) is 37.1 Å². The molecule has 0 spiro atoms. The fourth-order valence-corrected chi connectivity index (χ4v) is 2.95. The Morgan fingerprint density at radius 3 is 2.30 bits per heavy atom. The summed E-state index contributed by atoms with van der Waals surface area (Å²) < 4.78 is 0.926. The van der Waals surface area contributed by atoms with Crippen molar-refractivity contribution in [1.82, 2.24) is 10.6 Å². The molecule has 1 fully saturated rings. The Morgan fingerprint density at radius 2 is 1.74 bits per heavy atom. The first-order valence-electron chi connectivity index (χ1n) is 7.54. The molecule has 0 radical (unpaired) electrons. The SMILES string of the molecule is CC(=O)NCC(=O)NC1(C(=O)Nc2ccc(Br)cc2)CCCC1. The van der Waals surface area contributed by atoms with Crippen LogP contribution >= 0.6 is 15.9 Å². The second kappa shape index (κ2) is 7.59. The molecule has 1 saturated carbocycles. The molecule has 0 aromatic heterocycles. The maximum atomic E-state index is 12.7. The Kier molecular flexibility index (Phi) is 5.76. The molecule has 0 unspecified atom stereocenters. The Balaban J connectivity index is 2.03. The third kappa shape index (κ3) is 4.79. The fourth-order valence-electron chi connectivity index (χ4n) is 2.69. The highest BCUT2D eigenvalue weighted by Gasteiger charge is 2.42. The summed E-state index contributed by atoms with van der Waals surface area (Å²) in [6.07, 6.45) is 2.96. The Bertz CT molecular complexity index is 595. The van der Waals surface area contributed by atoms with Crippen molar-refractivity contribution in [2.75, 3.05) is 11.9 Å². The first-order chi connectivity index (χ1) is 10.9. The van der Waals surface area contributed by atoms with Gasteiger partial charge in [0, 0.05) is 17.1 Å². The van der Waals surface area contributed by atoms with Crippen LogP contribution in [0.5, 0.6) is 0 Å². The summed E-state index contributed by atoms with van der Waals surface area (Å²) >= 11 is 3.35. The van der Waals surface area contributed by atoms with Gasteiger partial charge in [-0.25, -0.2) is 0 Å². The lowest BCUT2D eigenvalue weighted by atomic mass is 9.96. The largest absolute Gasteiger partial charge is 0.347 e. The second-order valence-corrected chi connectivity index (χ2v) is 6.62. The van der Waals surface area contributed by atoms with Crippen molar-refractivity contribution in [3.05, 3.63) is 28.7 Å². The predicted molar refractivity (Wildman–Crippen MR) is 90.8 cm³/mol. The van der Waals surface area contributed by atoms with Crippen molar-refractivity contribution in [1.29, 1.82) is 0 Å². The molecule has 0 atom stereocenters. The van der Waals surface area contributed by atoms with E-state index in [-0.39, 0.29) is 24.3 Å². The second-order valence-electron chi connectivity index (χ2n) is 5.71. The van der Waals surface area contributed by atoms with Crippen LogP contribution in [0.3, 0.4) is 0 Å². The first kappa shape index (κ1) is 17.5. The van der Waals surface area contributed by atoms with Crippen LogP contribution in [0.15, 0.2) is 28.7 Å². The van der Waals surface area contributed by atoms with E-state index >= 15 is 0 Å². The number of amides is 3. The zero-order valence-corrected chi connectivity index (χ0v) is 14.5. The summed E-state index contributed by atoms with van der Waals surface area (Å²) in [6, 6.07) is 7.27. The fraction of sp³-hybridized carbons (Fsp3) is 0.438. The summed E-state index contributed by atoms with van der Waals surface area (Å²) in [5, 5.41) is 8.11.